The van der Waals surface area contributed by atoms with Crippen LogP contribution in [0, 0.1) is 0 Å². The first kappa shape index (κ1) is 72.2. The van der Waals surface area contributed by atoms with E-state index in [-0.39, 0.29) is 19.1 Å². The summed E-state index contributed by atoms with van der Waals surface area (Å²) in [5, 5.41) is 14.0. The van der Waals surface area contributed by atoms with Gasteiger partial charge in [-0.25, -0.2) is 4.57 Å². The monoisotopic (exact) mass is 1050 g/mol. The zero-order chi connectivity index (χ0) is 53.5. The minimum Gasteiger partial charge on any atom is -0.387 e. The molecule has 3 N–H and O–H groups in total. The SMILES string of the molecule is CCCCCCCCCCCCCCCCCCC/C=C/C(O)C(COP(=O)(O)OCC[N+](C)(C)C)NC(=O)CCCCCCCCCCCCCCCCCCCCCCCCCCCCCCCCCC. The van der Waals surface area contributed by atoms with E-state index in [1.54, 1.807) is 6.08 Å². The lowest BCUT2D eigenvalue weighted by atomic mass is 10.0. The highest BCUT2D eigenvalue weighted by molar-refractivity contribution is 7.47. The first-order chi connectivity index (χ1) is 35.5. The molecule has 0 spiro atoms. The number of quaternary nitrogens is 1. The van der Waals surface area contributed by atoms with Crippen molar-refractivity contribution in [3.05, 3.63) is 12.2 Å². The van der Waals surface area contributed by atoms with E-state index in [2.05, 4.69) is 19.2 Å². The number of rotatable bonds is 61. The van der Waals surface area contributed by atoms with Gasteiger partial charge >= 0.3 is 7.82 Å². The number of phosphoric acid groups is 1. The van der Waals surface area contributed by atoms with Crippen LogP contribution in [0.2, 0.25) is 0 Å². The molecule has 0 saturated heterocycles. The molecule has 0 aliphatic heterocycles. The minimum absolute atomic E-state index is 0.0653. The topological polar surface area (TPSA) is 105 Å². The molecule has 0 radical (unpaired) electrons. The fourth-order valence-electron chi connectivity index (χ4n) is 10.2. The quantitative estimate of drug-likeness (QED) is 0.0243. The Hall–Kier alpha value is -0.760. The van der Waals surface area contributed by atoms with Crippen LogP contribution >= 0.6 is 7.82 Å². The zero-order valence-corrected chi connectivity index (χ0v) is 50.8. The molecule has 0 aromatic carbocycles. The van der Waals surface area contributed by atoms with E-state index in [0.717, 1.165) is 32.1 Å². The molecule has 0 aromatic heterocycles. The molecule has 0 heterocycles. The van der Waals surface area contributed by atoms with Gasteiger partial charge in [-0.15, -0.1) is 0 Å². The van der Waals surface area contributed by atoms with Gasteiger partial charge in [0.1, 0.15) is 13.2 Å². The molecular weight excluding hydrogens is 924 g/mol. The lowest BCUT2D eigenvalue weighted by Crippen LogP contribution is -2.45. The molecule has 0 saturated carbocycles. The van der Waals surface area contributed by atoms with Gasteiger partial charge in [0.05, 0.1) is 39.9 Å². The number of aliphatic hydroxyl groups is 1. The Morgan fingerprint density at radius 1 is 0.452 bits per heavy atom. The Labute approximate surface area is 456 Å². The lowest BCUT2D eigenvalue weighted by Gasteiger charge is -2.25. The fraction of sp³-hybridized carbons (Fsp3) is 0.953. The molecule has 0 bridgehead atoms. The summed E-state index contributed by atoms with van der Waals surface area (Å²) in [5.74, 6) is -0.168. The molecule has 3 atom stereocenters. The third kappa shape index (κ3) is 58.8. The second kappa shape index (κ2) is 56.0. The predicted octanol–water partition coefficient (Wildman–Crippen LogP) is 20.2. The number of hydrogen-bond donors (Lipinski definition) is 3. The zero-order valence-electron chi connectivity index (χ0n) is 49.9. The molecular formula is C64H130N2O6P+. The number of nitrogens with zero attached hydrogens (tertiary/aromatic N) is 1. The number of allylic oxidation sites excluding steroid dienone is 1. The van der Waals surface area contributed by atoms with Crippen molar-refractivity contribution >= 4 is 13.7 Å². The van der Waals surface area contributed by atoms with Crippen molar-refractivity contribution in [2.45, 2.75) is 353 Å². The first-order valence-corrected chi connectivity index (χ1v) is 34.1. The van der Waals surface area contributed by atoms with Crippen molar-refractivity contribution in [2.24, 2.45) is 0 Å². The van der Waals surface area contributed by atoms with Crippen molar-refractivity contribution in [2.75, 3.05) is 40.9 Å². The van der Waals surface area contributed by atoms with Crippen LogP contribution < -0.4 is 5.32 Å². The van der Waals surface area contributed by atoms with Crippen molar-refractivity contribution in [3.8, 4) is 0 Å². The van der Waals surface area contributed by atoms with Crippen LogP contribution in [0.15, 0.2) is 12.2 Å². The van der Waals surface area contributed by atoms with Crippen LogP contribution in [0.1, 0.15) is 341 Å². The van der Waals surface area contributed by atoms with Gasteiger partial charge < -0.3 is 19.8 Å². The molecule has 8 nitrogen and oxygen atoms in total. The molecule has 0 rings (SSSR count). The Morgan fingerprint density at radius 3 is 1.01 bits per heavy atom. The molecule has 436 valence electrons. The van der Waals surface area contributed by atoms with Gasteiger partial charge in [-0.2, -0.15) is 0 Å². The van der Waals surface area contributed by atoms with E-state index in [1.165, 1.54) is 289 Å². The van der Waals surface area contributed by atoms with Gasteiger partial charge in [0.25, 0.3) is 0 Å². The fourth-order valence-corrected chi connectivity index (χ4v) is 10.9. The molecule has 3 unspecified atom stereocenters. The van der Waals surface area contributed by atoms with Crippen LogP contribution in [0.5, 0.6) is 0 Å². The number of hydrogen-bond acceptors (Lipinski definition) is 5. The van der Waals surface area contributed by atoms with Crippen LogP contribution in [-0.2, 0) is 18.4 Å². The van der Waals surface area contributed by atoms with E-state index in [4.69, 9.17) is 9.05 Å². The minimum atomic E-state index is -4.34. The van der Waals surface area contributed by atoms with Gasteiger partial charge in [0.2, 0.25) is 5.91 Å². The summed E-state index contributed by atoms with van der Waals surface area (Å²) in [5.41, 5.74) is 0. The van der Waals surface area contributed by atoms with E-state index >= 15 is 0 Å². The standard InChI is InChI=1S/C64H129N2O6P/c1-6-8-10-12-14-16-18-20-22-24-26-27-28-29-30-31-32-33-34-35-36-37-38-40-42-44-46-48-50-52-54-56-58-64(68)65-62(61-72-73(69,70)71-60-59-66(3,4)5)63(67)57-55-53-51-49-47-45-43-41-39-25-23-21-19-17-15-13-11-9-7-2/h55,57,62-63,67H,6-54,56,58-61H2,1-5H3,(H-,65,68,69,70)/p+1/b57-55+. The summed E-state index contributed by atoms with van der Waals surface area (Å²) in [6.45, 7) is 4.88. The molecule has 0 aromatic rings. The molecule has 0 fully saturated rings. The van der Waals surface area contributed by atoms with Gasteiger partial charge in [-0.1, -0.05) is 328 Å². The number of carbonyl (C=O) groups is 1. The highest BCUT2D eigenvalue weighted by Gasteiger charge is 2.28. The number of likely N-dealkylation sites (N-methyl/N-ethyl adjacent to an activating group) is 1. The average molecular weight is 1050 g/mol. The largest absolute Gasteiger partial charge is 0.472 e. The number of carbonyl (C=O) groups excluding carboxylic acids is 1. The molecule has 73 heavy (non-hydrogen) atoms. The number of amides is 1. The molecule has 0 aliphatic rings. The summed E-state index contributed by atoms with van der Waals surface area (Å²) in [7, 11) is 1.59. The van der Waals surface area contributed by atoms with Crippen LogP contribution in [-0.4, -0.2) is 73.4 Å². The normalized spacial score (nSPS) is 13.8. The Kier molecular flexibility index (Phi) is 55.4. The summed E-state index contributed by atoms with van der Waals surface area (Å²) in [6.07, 6.45) is 70.6. The van der Waals surface area contributed by atoms with Crippen molar-refractivity contribution in [3.63, 3.8) is 0 Å². The van der Waals surface area contributed by atoms with Crippen LogP contribution in [0.4, 0.5) is 0 Å². The number of phosphoric ester groups is 1. The maximum Gasteiger partial charge on any atom is 0.472 e. The average Bonchev–Trinajstić information content (AvgIpc) is 3.35. The number of nitrogens with one attached hydrogen (secondary N) is 1. The van der Waals surface area contributed by atoms with E-state index < -0.39 is 20.0 Å². The van der Waals surface area contributed by atoms with Crippen molar-refractivity contribution in [1.82, 2.24) is 5.32 Å². The highest BCUT2D eigenvalue weighted by atomic mass is 31.2. The van der Waals surface area contributed by atoms with Gasteiger partial charge in [-0.3, -0.25) is 13.8 Å². The maximum absolute atomic E-state index is 13.0. The second-order valence-corrected chi connectivity index (χ2v) is 25.3. The third-order valence-electron chi connectivity index (χ3n) is 15.3. The van der Waals surface area contributed by atoms with Crippen molar-refractivity contribution < 1.29 is 32.9 Å². The lowest BCUT2D eigenvalue weighted by molar-refractivity contribution is -0.870. The predicted molar refractivity (Wildman–Crippen MR) is 319 cm³/mol. The molecule has 1 amide bonds. The first-order valence-electron chi connectivity index (χ1n) is 32.6. The van der Waals surface area contributed by atoms with Gasteiger partial charge in [0.15, 0.2) is 0 Å². The summed E-state index contributed by atoms with van der Waals surface area (Å²) < 4.78 is 23.8. The third-order valence-corrected chi connectivity index (χ3v) is 16.2. The van der Waals surface area contributed by atoms with E-state index in [9.17, 15) is 19.4 Å². The number of unbranched alkanes of at least 4 members (excludes halogenated alkanes) is 48. The van der Waals surface area contributed by atoms with Crippen LogP contribution in [0.25, 0.3) is 0 Å². The Morgan fingerprint density at radius 2 is 0.726 bits per heavy atom. The number of aliphatic hydroxyl groups excluding tert-OH is 1. The van der Waals surface area contributed by atoms with E-state index in [0.29, 0.717) is 17.4 Å². The highest BCUT2D eigenvalue weighted by Crippen LogP contribution is 2.43. The van der Waals surface area contributed by atoms with E-state index in [1.807, 2.05) is 27.2 Å². The summed E-state index contributed by atoms with van der Waals surface area (Å²) in [4.78, 5) is 23.4. The summed E-state index contributed by atoms with van der Waals surface area (Å²) in [6, 6.07) is -0.843. The van der Waals surface area contributed by atoms with Gasteiger partial charge in [-0.05, 0) is 19.3 Å². The Balaban J connectivity index is 4.01. The maximum atomic E-state index is 13.0. The summed E-state index contributed by atoms with van der Waals surface area (Å²) >= 11 is 0. The molecule has 9 heteroatoms. The van der Waals surface area contributed by atoms with Gasteiger partial charge in [0, 0.05) is 6.42 Å². The molecule has 0 aliphatic carbocycles. The smallest absolute Gasteiger partial charge is 0.387 e. The van der Waals surface area contributed by atoms with Crippen molar-refractivity contribution in [1.29, 1.82) is 0 Å². The van der Waals surface area contributed by atoms with Crippen LogP contribution in [0.3, 0.4) is 0 Å². The Bertz CT molecular complexity index is 1200. The second-order valence-electron chi connectivity index (χ2n) is 23.9.